The third-order valence-corrected chi connectivity index (χ3v) is 4.15. The van der Waals surface area contributed by atoms with E-state index in [9.17, 15) is 4.79 Å². The van der Waals surface area contributed by atoms with Crippen LogP contribution >= 0.6 is 0 Å². The van der Waals surface area contributed by atoms with Crippen molar-refractivity contribution in [1.29, 1.82) is 0 Å². The van der Waals surface area contributed by atoms with Crippen molar-refractivity contribution in [3.05, 3.63) is 29.8 Å². The average Bonchev–Trinajstić information content (AvgIpc) is 2.59. The Balaban J connectivity index is 1.97. The Bertz CT molecular complexity index is 414. The van der Waals surface area contributed by atoms with E-state index in [2.05, 4.69) is 12.2 Å². The normalized spacial score (nSPS) is 10.7. The van der Waals surface area contributed by atoms with E-state index in [0.717, 1.165) is 24.4 Å². The van der Waals surface area contributed by atoms with Crippen molar-refractivity contribution >= 4 is 5.78 Å². The van der Waals surface area contributed by atoms with E-state index >= 15 is 0 Å². The number of hydrogen-bond donors (Lipinski definition) is 1. The summed E-state index contributed by atoms with van der Waals surface area (Å²) in [7, 11) is 1.63. The molecule has 1 aromatic rings. The molecule has 0 spiro atoms. The summed E-state index contributed by atoms with van der Waals surface area (Å²) < 4.78 is 5.10. The summed E-state index contributed by atoms with van der Waals surface area (Å²) in [6, 6.07) is 7.34. The summed E-state index contributed by atoms with van der Waals surface area (Å²) in [4.78, 5) is 12.0. The number of methoxy groups -OCH3 is 1. The molecule has 0 heterocycles. The van der Waals surface area contributed by atoms with Crippen LogP contribution in [0.25, 0.3) is 0 Å². The van der Waals surface area contributed by atoms with Crippen molar-refractivity contribution in [3.8, 4) is 5.75 Å². The molecule has 0 bridgehead atoms. The van der Waals surface area contributed by atoms with Crippen molar-refractivity contribution in [3.63, 3.8) is 0 Å². The highest BCUT2D eigenvalue weighted by molar-refractivity contribution is 5.96. The number of ketones is 1. The van der Waals surface area contributed by atoms with E-state index < -0.39 is 0 Å². The Morgan fingerprint density at radius 1 is 0.913 bits per heavy atom. The maximum Gasteiger partial charge on any atom is 0.164 e. The molecule has 0 amide bonds. The minimum atomic E-state index is 0.191. The second kappa shape index (κ2) is 13.1. The molecule has 0 aromatic heterocycles. The zero-order valence-electron chi connectivity index (χ0n) is 14.9. The summed E-state index contributed by atoms with van der Waals surface area (Å²) in [6.07, 6.45) is 11.3. The lowest BCUT2D eigenvalue weighted by molar-refractivity contribution is 0.0982. The highest BCUT2D eigenvalue weighted by Gasteiger charge is 2.05. The molecule has 3 nitrogen and oxygen atoms in total. The Kier molecular flexibility index (Phi) is 11.2. The lowest BCUT2D eigenvalue weighted by atomic mass is 10.1. The van der Waals surface area contributed by atoms with Gasteiger partial charge in [0.25, 0.3) is 0 Å². The summed E-state index contributed by atoms with van der Waals surface area (Å²) >= 11 is 0. The van der Waals surface area contributed by atoms with Crippen molar-refractivity contribution in [2.45, 2.75) is 64.7 Å². The van der Waals surface area contributed by atoms with Gasteiger partial charge >= 0.3 is 0 Å². The summed E-state index contributed by atoms with van der Waals surface area (Å²) in [6.45, 7) is 4.04. The van der Waals surface area contributed by atoms with E-state index in [4.69, 9.17) is 4.74 Å². The van der Waals surface area contributed by atoms with Gasteiger partial charge in [-0.05, 0) is 37.2 Å². The SMILES string of the molecule is CCCCCCCCCCNCCC(=O)c1ccc(OC)cc1. The fourth-order valence-electron chi connectivity index (χ4n) is 2.63. The Labute approximate surface area is 141 Å². The number of unbranched alkanes of at least 4 members (excludes halogenated alkanes) is 7. The Hall–Kier alpha value is -1.35. The third-order valence-electron chi connectivity index (χ3n) is 4.15. The van der Waals surface area contributed by atoms with E-state index in [1.54, 1.807) is 7.11 Å². The van der Waals surface area contributed by atoms with Crippen LogP contribution < -0.4 is 10.1 Å². The van der Waals surface area contributed by atoms with Gasteiger partial charge in [-0.3, -0.25) is 4.79 Å². The number of carbonyl (C=O) groups excluding carboxylic acids is 1. The first-order chi connectivity index (χ1) is 11.3. The van der Waals surface area contributed by atoms with Gasteiger partial charge in [0.05, 0.1) is 7.11 Å². The van der Waals surface area contributed by atoms with Gasteiger partial charge in [-0.1, -0.05) is 51.9 Å². The standard InChI is InChI=1S/C20H33NO2/c1-3-4-5-6-7-8-9-10-16-21-17-15-20(22)18-11-13-19(23-2)14-12-18/h11-14,21H,3-10,15-17H2,1-2H3. The molecule has 3 heteroatoms. The fourth-order valence-corrected chi connectivity index (χ4v) is 2.63. The predicted molar refractivity (Wildman–Crippen MR) is 97.4 cm³/mol. The molecule has 0 aliphatic heterocycles. The smallest absolute Gasteiger partial charge is 0.164 e. The van der Waals surface area contributed by atoms with Gasteiger partial charge in [0, 0.05) is 18.5 Å². The van der Waals surface area contributed by atoms with Crippen LogP contribution in [-0.2, 0) is 0 Å². The van der Waals surface area contributed by atoms with Crippen molar-refractivity contribution in [2.24, 2.45) is 0 Å². The van der Waals surface area contributed by atoms with Gasteiger partial charge < -0.3 is 10.1 Å². The molecule has 1 aromatic carbocycles. The molecule has 0 atom stereocenters. The van der Waals surface area contributed by atoms with Gasteiger partial charge in [0.2, 0.25) is 0 Å². The second-order valence-electron chi connectivity index (χ2n) is 6.13. The zero-order chi connectivity index (χ0) is 16.8. The monoisotopic (exact) mass is 319 g/mol. The number of ether oxygens (including phenoxy) is 1. The first-order valence-electron chi connectivity index (χ1n) is 9.16. The van der Waals surface area contributed by atoms with Crippen LogP contribution in [-0.4, -0.2) is 26.0 Å². The number of benzene rings is 1. The molecule has 23 heavy (non-hydrogen) atoms. The van der Waals surface area contributed by atoms with Crippen molar-refractivity contribution in [2.75, 3.05) is 20.2 Å². The van der Waals surface area contributed by atoms with Gasteiger partial charge in [0.1, 0.15) is 5.75 Å². The largest absolute Gasteiger partial charge is 0.497 e. The molecule has 1 rings (SSSR count). The Morgan fingerprint density at radius 3 is 2.13 bits per heavy atom. The van der Waals surface area contributed by atoms with Crippen LogP contribution in [0.2, 0.25) is 0 Å². The van der Waals surface area contributed by atoms with Crippen LogP contribution in [0, 0.1) is 0 Å². The molecule has 0 saturated heterocycles. The van der Waals surface area contributed by atoms with Crippen LogP contribution in [0.1, 0.15) is 75.1 Å². The quantitative estimate of drug-likeness (QED) is 0.387. The van der Waals surface area contributed by atoms with Crippen LogP contribution in [0.3, 0.4) is 0 Å². The van der Waals surface area contributed by atoms with E-state index in [1.807, 2.05) is 24.3 Å². The predicted octanol–water partition coefficient (Wildman–Crippen LogP) is 5.00. The molecular weight excluding hydrogens is 286 g/mol. The fraction of sp³-hybridized carbons (Fsp3) is 0.650. The highest BCUT2D eigenvalue weighted by atomic mass is 16.5. The number of rotatable bonds is 14. The first-order valence-corrected chi connectivity index (χ1v) is 9.16. The van der Waals surface area contributed by atoms with E-state index in [0.29, 0.717) is 6.42 Å². The molecule has 0 aliphatic carbocycles. The molecule has 0 saturated carbocycles. The summed E-state index contributed by atoms with van der Waals surface area (Å²) in [5, 5.41) is 3.37. The molecule has 130 valence electrons. The summed E-state index contributed by atoms with van der Waals surface area (Å²) in [5.41, 5.74) is 0.764. The molecular formula is C20H33NO2. The maximum absolute atomic E-state index is 12.0. The van der Waals surface area contributed by atoms with Crippen LogP contribution in [0.15, 0.2) is 24.3 Å². The lowest BCUT2D eigenvalue weighted by Gasteiger charge is -2.05. The highest BCUT2D eigenvalue weighted by Crippen LogP contribution is 2.12. The third kappa shape index (κ3) is 9.39. The van der Waals surface area contributed by atoms with Crippen molar-refractivity contribution < 1.29 is 9.53 Å². The first kappa shape index (κ1) is 19.7. The summed E-state index contributed by atoms with van der Waals surface area (Å²) in [5.74, 6) is 0.977. The second-order valence-corrected chi connectivity index (χ2v) is 6.13. The van der Waals surface area contributed by atoms with Gasteiger partial charge in [-0.2, -0.15) is 0 Å². The van der Waals surface area contributed by atoms with Crippen LogP contribution in [0.4, 0.5) is 0 Å². The van der Waals surface area contributed by atoms with Gasteiger partial charge in [-0.15, -0.1) is 0 Å². The molecule has 0 unspecified atom stereocenters. The zero-order valence-corrected chi connectivity index (χ0v) is 14.9. The molecule has 0 fully saturated rings. The van der Waals surface area contributed by atoms with E-state index in [-0.39, 0.29) is 5.78 Å². The van der Waals surface area contributed by atoms with Crippen molar-refractivity contribution in [1.82, 2.24) is 5.32 Å². The van der Waals surface area contributed by atoms with Gasteiger partial charge in [0.15, 0.2) is 5.78 Å². The lowest BCUT2D eigenvalue weighted by Crippen LogP contribution is -2.19. The Morgan fingerprint density at radius 2 is 1.52 bits per heavy atom. The molecule has 1 N–H and O–H groups in total. The minimum Gasteiger partial charge on any atom is -0.497 e. The number of nitrogens with one attached hydrogen (secondary N) is 1. The number of hydrogen-bond acceptors (Lipinski definition) is 3. The van der Waals surface area contributed by atoms with Crippen LogP contribution in [0.5, 0.6) is 5.75 Å². The van der Waals surface area contributed by atoms with E-state index in [1.165, 1.54) is 51.4 Å². The van der Waals surface area contributed by atoms with Gasteiger partial charge in [-0.25, -0.2) is 0 Å². The topological polar surface area (TPSA) is 38.3 Å². The average molecular weight is 319 g/mol. The minimum absolute atomic E-state index is 0.191. The number of Topliss-reactive ketones (excluding diaryl/α,β-unsaturated/α-hetero) is 1. The number of carbonyl (C=O) groups is 1. The maximum atomic E-state index is 12.0. The molecule has 0 radical (unpaired) electrons. The molecule has 0 aliphatic rings.